The fourth-order valence-electron chi connectivity index (χ4n) is 2.09. The number of ether oxygens (including phenoxy) is 1. The molecule has 1 N–H and O–H groups in total. The number of methoxy groups -OCH3 is 1. The van der Waals surface area contributed by atoms with E-state index in [1.165, 1.54) is 6.07 Å². The Labute approximate surface area is 146 Å². The number of hydrogen-bond donors (Lipinski definition) is 1. The summed E-state index contributed by atoms with van der Waals surface area (Å²) in [6.45, 7) is 2.24. The second kappa shape index (κ2) is 7.62. The number of nitrogens with one attached hydrogen (secondary N) is 1. The van der Waals surface area contributed by atoms with Crippen molar-refractivity contribution in [3.63, 3.8) is 0 Å². The second-order valence-corrected chi connectivity index (χ2v) is 6.03. The highest BCUT2D eigenvalue weighted by molar-refractivity contribution is 7.80. The Morgan fingerprint density at radius 3 is 2.70 bits per heavy atom. The molecular formula is C17H18ClFN2OS. The third-order valence-corrected chi connectivity index (χ3v) is 4.07. The van der Waals surface area contributed by atoms with E-state index in [1.54, 1.807) is 32.2 Å². The van der Waals surface area contributed by atoms with E-state index in [9.17, 15) is 4.39 Å². The number of hydrogen-bond acceptors (Lipinski definition) is 2. The van der Waals surface area contributed by atoms with E-state index in [0.29, 0.717) is 27.9 Å². The van der Waals surface area contributed by atoms with Crippen molar-refractivity contribution < 1.29 is 9.13 Å². The molecule has 0 saturated carbocycles. The molecule has 122 valence electrons. The van der Waals surface area contributed by atoms with E-state index in [0.717, 1.165) is 11.3 Å². The van der Waals surface area contributed by atoms with Gasteiger partial charge in [-0.05, 0) is 55.0 Å². The molecule has 6 heteroatoms. The average molecular weight is 353 g/mol. The number of benzene rings is 2. The van der Waals surface area contributed by atoms with Gasteiger partial charge in [0, 0.05) is 29.9 Å². The zero-order valence-electron chi connectivity index (χ0n) is 13.2. The quantitative estimate of drug-likeness (QED) is 0.811. The van der Waals surface area contributed by atoms with Gasteiger partial charge in [0.25, 0.3) is 0 Å². The molecule has 0 amide bonds. The maximum atomic E-state index is 13.6. The first-order chi connectivity index (χ1) is 10.9. The first-order valence-electron chi connectivity index (χ1n) is 7.01. The second-order valence-electron chi connectivity index (χ2n) is 5.21. The van der Waals surface area contributed by atoms with Gasteiger partial charge in [0.05, 0.1) is 7.11 Å². The maximum absolute atomic E-state index is 13.6. The van der Waals surface area contributed by atoms with Gasteiger partial charge in [-0.2, -0.15) is 0 Å². The number of nitrogens with zero attached hydrogens (tertiary/aromatic N) is 1. The third kappa shape index (κ3) is 4.56. The van der Waals surface area contributed by atoms with Crippen LogP contribution in [-0.2, 0) is 6.54 Å². The topological polar surface area (TPSA) is 24.5 Å². The summed E-state index contributed by atoms with van der Waals surface area (Å²) >= 11 is 11.4. The van der Waals surface area contributed by atoms with Gasteiger partial charge < -0.3 is 15.0 Å². The molecule has 0 aliphatic heterocycles. The van der Waals surface area contributed by atoms with Crippen LogP contribution in [0.4, 0.5) is 10.1 Å². The SMILES string of the molecule is COc1ccc(Cl)cc1CN(C)C(=S)Nc1ccc(C)c(F)c1. The zero-order chi connectivity index (χ0) is 17.0. The lowest BCUT2D eigenvalue weighted by atomic mass is 10.2. The molecule has 0 aliphatic carbocycles. The van der Waals surface area contributed by atoms with Crippen LogP contribution in [0.25, 0.3) is 0 Å². The van der Waals surface area contributed by atoms with Gasteiger partial charge in [0.2, 0.25) is 0 Å². The molecule has 23 heavy (non-hydrogen) atoms. The Balaban J connectivity index is 2.08. The summed E-state index contributed by atoms with van der Waals surface area (Å²) in [4.78, 5) is 1.83. The first kappa shape index (κ1) is 17.5. The van der Waals surface area contributed by atoms with E-state index >= 15 is 0 Å². The summed E-state index contributed by atoms with van der Waals surface area (Å²) in [6.07, 6.45) is 0. The van der Waals surface area contributed by atoms with Gasteiger partial charge in [0.1, 0.15) is 11.6 Å². The molecule has 0 saturated heterocycles. The smallest absolute Gasteiger partial charge is 0.173 e. The zero-order valence-corrected chi connectivity index (χ0v) is 14.8. The van der Waals surface area contributed by atoms with Crippen LogP contribution in [0.5, 0.6) is 5.75 Å². The molecule has 0 spiro atoms. The number of halogens is 2. The van der Waals surface area contributed by atoms with Crippen LogP contribution < -0.4 is 10.1 Å². The highest BCUT2D eigenvalue weighted by atomic mass is 35.5. The minimum absolute atomic E-state index is 0.267. The van der Waals surface area contributed by atoms with Crippen molar-refractivity contribution >= 4 is 34.6 Å². The molecule has 3 nitrogen and oxygen atoms in total. The van der Waals surface area contributed by atoms with Crippen LogP contribution in [-0.4, -0.2) is 24.2 Å². The van der Waals surface area contributed by atoms with E-state index in [1.807, 2.05) is 24.1 Å². The summed E-state index contributed by atoms with van der Waals surface area (Å²) in [7, 11) is 3.46. The van der Waals surface area contributed by atoms with Gasteiger partial charge in [-0.3, -0.25) is 0 Å². The summed E-state index contributed by atoms with van der Waals surface area (Å²) in [5, 5.41) is 4.14. The Morgan fingerprint density at radius 1 is 1.30 bits per heavy atom. The lowest BCUT2D eigenvalue weighted by Crippen LogP contribution is -2.30. The van der Waals surface area contributed by atoms with Gasteiger partial charge in [-0.15, -0.1) is 0 Å². The number of rotatable bonds is 4. The van der Waals surface area contributed by atoms with Crippen LogP contribution in [0.1, 0.15) is 11.1 Å². The van der Waals surface area contributed by atoms with E-state index < -0.39 is 0 Å². The molecule has 0 aliphatic rings. The van der Waals surface area contributed by atoms with Crippen LogP contribution >= 0.6 is 23.8 Å². The minimum Gasteiger partial charge on any atom is -0.496 e. The molecule has 2 aromatic rings. The van der Waals surface area contributed by atoms with Crippen molar-refractivity contribution in [3.05, 3.63) is 58.4 Å². The van der Waals surface area contributed by atoms with Gasteiger partial charge in [0.15, 0.2) is 5.11 Å². The van der Waals surface area contributed by atoms with Crippen molar-refractivity contribution in [1.29, 1.82) is 0 Å². The van der Waals surface area contributed by atoms with Crippen molar-refractivity contribution in [1.82, 2.24) is 4.90 Å². The monoisotopic (exact) mass is 352 g/mol. The molecule has 0 fully saturated rings. The molecule has 2 rings (SSSR count). The number of anilines is 1. The average Bonchev–Trinajstić information content (AvgIpc) is 2.51. The Hall–Kier alpha value is -1.85. The Kier molecular flexibility index (Phi) is 5.80. The van der Waals surface area contributed by atoms with Crippen molar-refractivity contribution in [3.8, 4) is 5.75 Å². The molecule has 0 bridgehead atoms. The largest absolute Gasteiger partial charge is 0.496 e. The highest BCUT2D eigenvalue weighted by Crippen LogP contribution is 2.24. The van der Waals surface area contributed by atoms with Gasteiger partial charge >= 0.3 is 0 Å². The van der Waals surface area contributed by atoms with Crippen molar-refractivity contribution in [2.45, 2.75) is 13.5 Å². The Bertz CT molecular complexity index is 724. The minimum atomic E-state index is -0.267. The van der Waals surface area contributed by atoms with Crippen LogP contribution in [0.3, 0.4) is 0 Å². The fraction of sp³-hybridized carbons (Fsp3) is 0.235. The normalized spacial score (nSPS) is 10.3. The van der Waals surface area contributed by atoms with E-state index in [2.05, 4.69) is 5.32 Å². The number of aryl methyl sites for hydroxylation is 1. The van der Waals surface area contributed by atoms with Gasteiger partial charge in [-0.1, -0.05) is 17.7 Å². The predicted octanol–water partition coefficient (Wildman–Crippen LogP) is 4.62. The van der Waals surface area contributed by atoms with Crippen molar-refractivity contribution in [2.75, 3.05) is 19.5 Å². The lowest BCUT2D eigenvalue weighted by Gasteiger charge is -2.22. The molecule has 0 radical (unpaired) electrons. The number of thiocarbonyl (C=S) groups is 1. The predicted molar refractivity (Wildman–Crippen MR) is 96.8 cm³/mol. The molecule has 0 heterocycles. The fourth-order valence-corrected chi connectivity index (χ4v) is 2.46. The van der Waals surface area contributed by atoms with E-state index in [4.69, 9.17) is 28.6 Å². The molecule has 2 aromatic carbocycles. The molecule has 0 atom stereocenters. The van der Waals surface area contributed by atoms with Crippen LogP contribution in [0.15, 0.2) is 36.4 Å². The maximum Gasteiger partial charge on any atom is 0.173 e. The Morgan fingerprint density at radius 2 is 2.04 bits per heavy atom. The van der Waals surface area contributed by atoms with Crippen molar-refractivity contribution in [2.24, 2.45) is 0 Å². The summed E-state index contributed by atoms with van der Waals surface area (Å²) in [6, 6.07) is 10.4. The highest BCUT2D eigenvalue weighted by Gasteiger charge is 2.11. The summed E-state index contributed by atoms with van der Waals surface area (Å²) < 4.78 is 18.9. The summed E-state index contributed by atoms with van der Waals surface area (Å²) in [5.74, 6) is 0.474. The van der Waals surface area contributed by atoms with E-state index in [-0.39, 0.29) is 5.82 Å². The first-order valence-corrected chi connectivity index (χ1v) is 7.80. The lowest BCUT2D eigenvalue weighted by molar-refractivity contribution is 0.399. The van der Waals surface area contributed by atoms with Crippen LogP contribution in [0, 0.1) is 12.7 Å². The van der Waals surface area contributed by atoms with Gasteiger partial charge in [-0.25, -0.2) is 4.39 Å². The molecular weight excluding hydrogens is 335 g/mol. The van der Waals surface area contributed by atoms with Crippen LogP contribution in [0.2, 0.25) is 5.02 Å². The molecule has 0 unspecified atom stereocenters. The summed E-state index contributed by atoms with van der Waals surface area (Å²) in [5.41, 5.74) is 2.13. The molecule has 0 aromatic heterocycles. The standard InChI is InChI=1S/C17H18ClFN2OS/c1-11-4-6-14(9-15(11)19)20-17(23)21(2)10-12-8-13(18)5-7-16(12)22-3/h4-9H,10H2,1-3H3,(H,20,23). The third-order valence-electron chi connectivity index (χ3n) is 3.42.